The molecule has 2 aromatic rings. The van der Waals surface area contributed by atoms with Crippen molar-refractivity contribution in [3.05, 3.63) is 53.6 Å². The van der Waals surface area contributed by atoms with Crippen LogP contribution in [0.2, 0.25) is 0 Å². The molecule has 0 unspecified atom stereocenters. The summed E-state index contributed by atoms with van der Waals surface area (Å²) in [5.41, 5.74) is 1.35. The first kappa shape index (κ1) is 20.0. The fourth-order valence-corrected chi connectivity index (χ4v) is 4.37. The standard InChI is InChI=1S/C23H29NO5/c1-27-17-5-3-16(4-6-17)21(26)15-24-11-9-23(10-12-24)14-20(25)19-8-7-18(28-2)13-22(19)29-23/h3-8,13,20-21,25-26H,9-12,14-15H2,1-2H3/t20-,21+/m1/s1. The molecule has 2 aromatic carbocycles. The van der Waals surface area contributed by atoms with Gasteiger partial charge in [-0.05, 0) is 42.7 Å². The van der Waals surface area contributed by atoms with Crippen LogP contribution in [0.15, 0.2) is 42.5 Å². The van der Waals surface area contributed by atoms with E-state index >= 15 is 0 Å². The van der Waals surface area contributed by atoms with Gasteiger partial charge >= 0.3 is 0 Å². The average molecular weight is 399 g/mol. The molecule has 29 heavy (non-hydrogen) atoms. The van der Waals surface area contributed by atoms with Crippen molar-refractivity contribution in [2.24, 2.45) is 0 Å². The summed E-state index contributed by atoms with van der Waals surface area (Å²) >= 11 is 0. The summed E-state index contributed by atoms with van der Waals surface area (Å²) in [6.07, 6.45) is 1.16. The molecule has 0 aliphatic carbocycles. The third-order valence-corrected chi connectivity index (χ3v) is 6.17. The van der Waals surface area contributed by atoms with E-state index in [-0.39, 0.29) is 5.60 Å². The Bertz CT molecular complexity index is 830. The maximum absolute atomic E-state index is 10.7. The predicted octanol–water partition coefficient (Wildman–Crippen LogP) is 3.09. The van der Waals surface area contributed by atoms with E-state index in [0.717, 1.165) is 54.3 Å². The van der Waals surface area contributed by atoms with Crippen molar-refractivity contribution in [1.29, 1.82) is 0 Å². The van der Waals surface area contributed by atoms with Crippen LogP contribution in [0.1, 0.15) is 42.6 Å². The molecular formula is C23H29NO5. The van der Waals surface area contributed by atoms with Crippen LogP contribution >= 0.6 is 0 Å². The Morgan fingerprint density at radius 2 is 1.72 bits per heavy atom. The number of piperidine rings is 1. The number of hydrogen-bond acceptors (Lipinski definition) is 6. The highest BCUT2D eigenvalue weighted by molar-refractivity contribution is 5.44. The van der Waals surface area contributed by atoms with Gasteiger partial charge < -0.3 is 29.3 Å². The van der Waals surface area contributed by atoms with Gasteiger partial charge in [-0.2, -0.15) is 0 Å². The van der Waals surface area contributed by atoms with Gasteiger partial charge in [0.1, 0.15) is 22.8 Å². The lowest BCUT2D eigenvalue weighted by Crippen LogP contribution is -2.51. The number of aliphatic hydroxyl groups is 2. The molecule has 2 N–H and O–H groups in total. The minimum absolute atomic E-state index is 0.361. The van der Waals surface area contributed by atoms with E-state index in [1.165, 1.54) is 0 Å². The summed E-state index contributed by atoms with van der Waals surface area (Å²) in [5, 5.41) is 21.3. The van der Waals surface area contributed by atoms with Crippen molar-refractivity contribution in [2.75, 3.05) is 33.9 Å². The molecule has 6 nitrogen and oxygen atoms in total. The second-order valence-corrected chi connectivity index (χ2v) is 8.00. The van der Waals surface area contributed by atoms with Gasteiger partial charge in [-0.1, -0.05) is 12.1 Å². The lowest BCUT2D eigenvalue weighted by atomic mass is 9.81. The third kappa shape index (κ3) is 4.20. The Morgan fingerprint density at radius 3 is 2.38 bits per heavy atom. The highest BCUT2D eigenvalue weighted by Gasteiger charge is 2.43. The molecule has 0 saturated carbocycles. The summed E-state index contributed by atoms with van der Waals surface area (Å²) in [5.74, 6) is 2.23. The number of likely N-dealkylation sites (tertiary alicyclic amines) is 1. The van der Waals surface area contributed by atoms with Gasteiger partial charge in [0, 0.05) is 37.7 Å². The zero-order valence-electron chi connectivity index (χ0n) is 17.0. The summed E-state index contributed by atoms with van der Waals surface area (Å²) in [6.45, 7) is 2.22. The van der Waals surface area contributed by atoms with Gasteiger partial charge in [0.05, 0.1) is 26.4 Å². The fraction of sp³-hybridized carbons (Fsp3) is 0.478. The van der Waals surface area contributed by atoms with E-state index in [0.29, 0.717) is 13.0 Å². The Morgan fingerprint density at radius 1 is 1.07 bits per heavy atom. The van der Waals surface area contributed by atoms with Crippen LogP contribution in [-0.2, 0) is 0 Å². The molecule has 0 bridgehead atoms. The van der Waals surface area contributed by atoms with Crippen molar-refractivity contribution in [3.63, 3.8) is 0 Å². The highest BCUT2D eigenvalue weighted by atomic mass is 16.5. The highest BCUT2D eigenvalue weighted by Crippen LogP contribution is 2.45. The van der Waals surface area contributed by atoms with E-state index in [1.54, 1.807) is 14.2 Å². The summed E-state index contributed by atoms with van der Waals surface area (Å²) in [4.78, 5) is 2.26. The number of hydrogen-bond donors (Lipinski definition) is 2. The van der Waals surface area contributed by atoms with Crippen molar-refractivity contribution < 1.29 is 24.4 Å². The molecule has 4 rings (SSSR count). The Labute approximate surface area is 171 Å². The molecule has 0 radical (unpaired) electrons. The van der Waals surface area contributed by atoms with Gasteiger partial charge in [0.25, 0.3) is 0 Å². The van der Waals surface area contributed by atoms with Crippen LogP contribution in [0.25, 0.3) is 0 Å². The van der Waals surface area contributed by atoms with Crippen LogP contribution in [0, 0.1) is 0 Å². The number of β-amino-alcohol motifs (C(OH)–C–C–N with tert-alkyl or cyclic N) is 1. The first-order valence-electron chi connectivity index (χ1n) is 10.1. The normalized spacial score (nSPS) is 21.9. The molecule has 2 heterocycles. The van der Waals surface area contributed by atoms with Crippen LogP contribution < -0.4 is 14.2 Å². The van der Waals surface area contributed by atoms with Crippen molar-refractivity contribution in [2.45, 2.75) is 37.1 Å². The number of ether oxygens (including phenoxy) is 3. The largest absolute Gasteiger partial charge is 0.497 e. The van der Waals surface area contributed by atoms with Crippen LogP contribution in [-0.4, -0.2) is 54.6 Å². The second kappa shape index (κ2) is 8.22. The molecule has 0 aromatic heterocycles. The van der Waals surface area contributed by atoms with Gasteiger partial charge in [0.15, 0.2) is 0 Å². The molecule has 156 valence electrons. The molecule has 2 aliphatic heterocycles. The predicted molar refractivity (Wildman–Crippen MR) is 110 cm³/mol. The average Bonchev–Trinajstić information content (AvgIpc) is 2.75. The van der Waals surface area contributed by atoms with Gasteiger partial charge in [0.2, 0.25) is 0 Å². The minimum Gasteiger partial charge on any atom is -0.497 e. The van der Waals surface area contributed by atoms with Gasteiger partial charge in [-0.25, -0.2) is 0 Å². The Balaban J connectivity index is 1.38. The first-order chi connectivity index (χ1) is 14.0. The zero-order valence-corrected chi connectivity index (χ0v) is 17.0. The maximum atomic E-state index is 10.7. The monoisotopic (exact) mass is 399 g/mol. The lowest BCUT2D eigenvalue weighted by Gasteiger charge is -2.46. The molecule has 1 spiro atoms. The van der Waals surface area contributed by atoms with Gasteiger partial charge in [-0.15, -0.1) is 0 Å². The molecule has 6 heteroatoms. The van der Waals surface area contributed by atoms with Crippen molar-refractivity contribution in [1.82, 2.24) is 4.90 Å². The quantitative estimate of drug-likeness (QED) is 0.805. The second-order valence-electron chi connectivity index (χ2n) is 8.00. The SMILES string of the molecule is COc1ccc([C@@H](O)CN2CCC3(CC2)C[C@@H](O)c2ccc(OC)cc2O3)cc1. The molecule has 0 amide bonds. The fourth-order valence-electron chi connectivity index (χ4n) is 4.37. The topological polar surface area (TPSA) is 71.4 Å². The summed E-state index contributed by atoms with van der Waals surface area (Å²) < 4.78 is 16.9. The molecule has 2 atom stereocenters. The minimum atomic E-state index is -0.544. The van der Waals surface area contributed by atoms with Crippen LogP contribution in [0.5, 0.6) is 17.2 Å². The Hall–Kier alpha value is -2.28. The lowest BCUT2D eigenvalue weighted by molar-refractivity contribution is -0.0588. The van der Waals surface area contributed by atoms with Gasteiger partial charge in [-0.3, -0.25) is 0 Å². The number of nitrogens with zero attached hydrogens (tertiary/aromatic N) is 1. The first-order valence-corrected chi connectivity index (χ1v) is 10.1. The molecule has 2 aliphatic rings. The van der Waals surface area contributed by atoms with Crippen molar-refractivity contribution in [3.8, 4) is 17.2 Å². The van der Waals surface area contributed by atoms with E-state index in [1.807, 2.05) is 42.5 Å². The van der Waals surface area contributed by atoms with E-state index in [4.69, 9.17) is 14.2 Å². The maximum Gasteiger partial charge on any atom is 0.129 e. The smallest absolute Gasteiger partial charge is 0.129 e. The number of aliphatic hydroxyl groups excluding tert-OH is 2. The van der Waals surface area contributed by atoms with E-state index < -0.39 is 12.2 Å². The number of fused-ring (bicyclic) bond motifs is 1. The van der Waals surface area contributed by atoms with Crippen LogP contribution in [0.4, 0.5) is 0 Å². The van der Waals surface area contributed by atoms with E-state index in [2.05, 4.69) is 4.90 Å². The summed E-state index contributed by atoms with van der Waals surface area (Å²) in [7, 11) is 3.26. The number of rotatable bonds is 5. The summed E-state index contributed by atoms with van der Waals surface area (Å²) in [6, 6.07) is 13.1. The molecule has 1 fully saturated rings. The van der Waals surface area contributed by atoms with E-state index in [9.17, 15) is 10.2 Å². The molecule has 1 saturated heterocycles. The number of benzene rings is 2. The number of methoxy groups -OCH3 is 2. The Kier molecular flexibility index (Phi) is 5.67. The van der Waals surface area contributed by atoms with Crippen LogP contribution in [0.3, 0.4) is 0 Å². The molecular weight excluding hydrogens is 370 g/mol. The zero-order chi connectivity index (χ0) is 20.4. The third-order valence-electron chi connectivity index (χ3n) is 6.17. The van der Waals surface area contributed by atoms with Crippen molar-refractivity contribution >= 4 is 0 Å².